The molecule has 0 aliphatic carbocycles. The van der Waals surface area contributed by atoms with Gasteiger partial charge in [0.25, 0.3) is 5.56 Å². The lowest BCUT2D eigenvalue weighted by atomic mass is 10.4. The minimum Gasteiger partial charge on any atom is -0.364 e. The maximum Gasteiger partial charge on any atom is 0.346 e. The summed E-state index contributed by atoms with van der Waals surface area (Å²) in [6.07, 6.45) is 4.24. The number of anilines is 1. The molecule has 1 N–H and O–H groups in total. The number of hydrogen-bond acceptors (Lipinski definition) is 5. The summed E-state index contributed by atoms with van der Waals surface area (Å²) in [6.45, 7) is 0.519. The fraction of sp³-hybridized carbons (Fsp3) is 0.455. The van der Waals surface area contributed by atoms with Crippen molar-refractivity contribution in [2.45, 2.75) is 6.42 Å². The van der Waals surface area contributed by atoms with Gasteiger partial charge < -0.3 is 9.88 Å². The highest BCUT2D eigenvalue weighted by Gasteiger charge is 2.08. The Bertz CT molecular complexity index is 696. The van der Waals surface area contributed by atoms with E-state index in [1.165, 1.54) is 14.1 Å². The summed E-state index contributed by atoms with van der Waals surface area (Å²) < 4.78 is 4.06. The van der Waals surface area contributed by atoms with Gasteiger partial charge in [-0.05, 0) is 0 Å². The molecule has 2 heterocycles. The van der Waals surface area contributed by atoms with E-state index in [-0.39, 0.29) is 5.82 Å². The highest BCUT2D eigenvalue weighted by atomic mass is 16.2. The Hall–Kier alpha value is -2.38. The molecule has 8 heteroatoms. The molecule has 2 aromatic heterocycles. The molecule has 0 amide bonds. The van der Waals surface area contributed by atoms with Gasteiger partial charge in [0.2, 0.25) is 5.82 Å². The molecule has 0 unspecified atom stereocenters. The summed E-state index contributed by atoms with van der Waals surface area (Å²) in [5.41, 5.74) is -0.873. The lowest BCUT2D eigenvalue weighted by Gasteiger charge is -2.07. The number of aryl methyl sites for hydroxylation is 2. The quantitative estimate of drug-likeness (QED) is 0.755. The predicted octanol–water partition coefficient (Wildman–Crippen LogP) is -1.13. The van der Waals surface area contributed by atoms with Gasteiger partial charge in [-0.2, -0.15) is 0 Å². The molecule has 0 saturated heterocycles. The van der Waals surface area contributed by atoms with Crippen molar-refractivity contribution < 1.29 is 0 Å². The van der Waals surface area contributed by atoms with E-state index in [9.17, 15) is 9.59 Å². The molecule has 0 aliphatic heterocycles. The van der Waals surface area contributed by atoms with Gasteiger partial charge >= 0.3 is 5.69 Å². The number of nitrogens with one attached hydrogen (secondary N) is 1. The molecule has 102 valence electrons. The van der Waals surface area contributed by atoms with Crippen LogP contribution in [-0.4, -0.2) is 30.4 Å². The Morgan fingerprint density at radius 3 is 2.63 bits per heavy atom. The first-order valence-corrected chi connectivity index (χ1v) is 5.85. The summed E-state index contributed by atoms with van der Waals surface area (Å²) in [5, 5.41) is 6.84. The molecule has 2 aromatic rings. The van der Waals surface area contributed by atoms with Crippen molar-refractivity contribution in [3.05, 3.63) is 39.1 Å². The van der Waals surface area contributed by atoms with Gasteiger partial charge in [-0.1, -0.05) is 0 Å². The van der Waals surface area contributed by atoms with Crippen molar-refractivity contribution in [1.29, 1.82) is 0 Å². The van der Waals surface area contributed by atoms with E-state index < -0.39 is 11.2 Å². The van der Waals surface area contributed by atoms with Crippen LogP contribution in [0.15, 0.2) is 22.0 Å². The third-order valence-corrected chi connectivity index (χ3v) is 2.88. The van der Waals surface area contributed by atoms with Crippen LogP contribution in [0.2, 0.25) is 0 Å². The second kappa shape index (κ2) is 5.09. The first kappa shape index (κ1) is 13.1. The van der Waals surface area contributed by atoms with Crippen LogP contribution in [0.5, 0.6) is 0 Å². The molecule has 0 atom stereocenters. The van der Waals surface area contributed by atoms with Crippen LogP contribution in [0.4, 0.5) is 5.82 Å². The standard InChI is InChI=1S/C11H16N6O2/c1-15-7-6-12-8(15)4-5-13-9-10(18)16(2)11(19)17(3)14-9/h6-7H,4-5H2,1-3H3,(H,13,14). The van der Waals surface area contributed by atoms with E-state index in [0.717, 1.165) is 15.1 Å². The minimum atomic E-state index is -0.445. The van der Waals surface area contributed by atoms with Crippen molar-refractivity contribution in [2.75, 3.05) is 11.9 Å². The average Bonchev–Trinajstić information content (AvgIpc) is 2.79. The molecule has 0 aromatic carbocycles. The van der Waals surface area contributed by atoms with Crippen LogP contribution in [0.25, 0.3) is 0 Å². The Morgan fingerprint density at radius 1 is 1.26 bits per heavy atom. The van der Waals surface area contributed by atoms with Crippen LogP contribution in [0.3, 0.4) is 0 Å². The van der Waals surface area contributed by atoms with Gasteiger partial charge in [0.1, 0.15) is 5.82 Å². The number of nitrogens with zero attached hydrogens (tertiary/aromatic N) is 5. The monoisotopic (exact) mass is 264 g/mol. The molecular weight excluding hydrogens is 248 g/mol. The third kappa shape index (κ3) is 2.56. The van der Waals surface area contributed by atoms with Crippen molar-refractivity contribution in [3.63, 3.8) is 0 Å². The van der Waals surface area contributed by atoms with Gasteiger partial charge in [-0.25, -0.2) is 14.5 Å². The lowest BCUT2D eigenvalue weighted by Crippen LogP contribution is -2.40. The molecule has 0 saturated carbocycles. The second-order valence-electron chi connectivity index (χ2n) is 4.25. The second-order valence-corrected chi connectivity index (χ2v) is 4.25. The normalized spacial score (nSPS) is 10.7. The summed E-state index contributed by atoms with van der Waals surface area (Å²) in [6, 6.07) is 0. The Kier molecular flexibility index (Phi) is 3.50. The Morgan fingerprint density at radius 2 is 2.00 bits per heavy atom. The first-order valence-electron chi connectivity index (χ1n) is 5.85. The molecule has 8 nitrogen and oxygen atoms in total. The van der Waals surface area contributed by atoms with Crippen molar-refractivity contribution >= 4 is 5.82 Å². The molecule has 0 radical (unpaired) electrons. The van der Waals surface area contributed by atoms with E-state index in [2.05, 4.69) is 15.4 Å². The van der Waals surface area contributed by atoms with Gasteiger partial charge in [-0.3, -0.25) is 9.36 Å². The highest BCUT2D eigenvalue weighted by Crippen LogP contribution is 1.96. The molecule has 0 bridgehead atoms. The zero-order valence-corrected chi connectivity index (χ0v) is 11.1. The van der Waals surface area contributed by atoms with Crippen LogP contribution >= 0.6 is 0 Å². The van der Waals surface area contributed by atoms with Crippen molar-refractivity contribution in [1.82, 2.24) is 23.9 Å². The van der Waals surface area contributed by atoms with E-state index in [1.54, 1.807) is 6.20 Å². The summed E-state index contributed by atoms with van der Waals surface area (Å²) in [5.74, 6) is 1.08. The number of rotatable bonds is 4. The van der Waals surface area contributed by atoms with Gasteiger partial charge in [0, 0.05) is 46.5 Å². The van der Waals surface area contributed by atoms with Gasteiger partial charge in [0.05, 0.1) is 0 Å². The van der Waals surface area contributed by atoms with Crippen LogP contribution in [-0.2, 0) is 27.6 Å². The van der Waals surface area contributed by atoms with E-state index in [1.807, 2.05) is 17.8 Å². The molecule has 0 aliphatic rings. The van der Waals surface area contributed by atoms with Gasteiger partial charge in [0.15, 0.2) is 0 Å². The largest absolute Gasteiger partial charge is 0.364 e. The Balaban J connectivity index is 2.11. The number of imidazole rings is 1. The third-order valence-electron chi connectivity index (χ3n) is 2.88. The number of aromatic nitrogens is 5. The van der Waals surface area contributed by atoms with Crippen LogP contribution in [0.1, 0.15) is 5.82 Å². The predicted molar refractivity (Wildman–Crippen MR) is 70.1 cm³/mol. The Labute approximate surface area is 109 Å². The van der Waals surface area contributed by atoms with E-state index in [0.29, 0.717) is 13.0 Å². The fourth-order valence-electron chi connectivity index (χ4n) is 1.74. The van der Waals surface area contributed by atoms with Crippen LogP contribution in [0, 0.1) is 0 Å². The number of hydrogen-bond donors (Lipinski definition) is 1. The maximum atomic E-state index is 11.8. The molecular formula is C11H16N6O2. The summed E-state index contributed by atoms with van der Waals surface area (Å²) in [7, 11) is 4.84. The van der Waals surface area contributed by atoms with Crippen molar-refractivity contribution in [3.8, 4) is 0 Å². The average molecular weight is 264 g/mol. The summed E-state index contributed by atoms with van der Waals surface area (Å²) >= 11 is 0. The highest BCUT2D eigenvalue weighted by molar-refractivity contribution is 5.29. The smallest absolute Gasteiger partial charge is 0.346 e. The van der Waals surface area contributed by atoms with Gasteiger partial charge in [-0.15, -0.1) is 5.10 Å². The fourth-order valence-corrected chi connectivity index (χ4v) is 1.74. The molecule has 19 heavy (non-hydrogen) atoms. The van der Waals surface area contributed by atoms with E-state index >= 15 is 0 Å². The van der Waals surface area contributed by atoms with Crippen LogP contribution < -0.4 is 16.6 Å². The molecule has 0 spiro atoms. The zero-order chi connectivity index (χ0) is 14.0. The SMILES string of the molecule is Cn1ccnc1CCNc1nn(C)c(=O)n(C)c1=O. The summed E-state index contributed by atoms with van der Waals surface area (Å²) in [4.78, 5) is 27.5. The van der Waals surface area contributed by atoms with Crippen molar-refractivity contribution in [2.24, 2.45) is 21.1 Å². The van der Waals surface area contributed by atoms with E-state index in [4.69, 9.17) is 0 Å². The molecule has 2 rings (SSSR count). The lowest BCUT2D eigenvalue weighted by molar-refractivity contribution is 0.604. The molecule has 0 fully saturated rings. The maximum absolute atomic E-state index is 11.8. The first-order chi connectivity index (χ1) is 9.00. The zero-order valence-electron chi connectivity index (χ0n) is 11.1. The minimum absolute atomic E-state index is 0.166. The topological polar surface area (TPSA) is 86.7 Å².